The molecule has 0 saturated carbocycles. The minimum atomic E-state index is 0.693. The van der Waals surface area contributed by atoms with Gasteiger partial charge in [0.1, 0.15) is 4.99 Å². The number of hydrogen-bond acceptors (Lipinski definition) is 2. The van der Waals surface area contributed by atoms with Crippen LogP contribution in [0.1, 0.15) is 5.56 Å². The fourth-order valence-corrected chi connectivity index (χ4v) is 2.31. The van der Waals surface area contributed by atoms with Gasteiger partial charge in [-0.3, -0.25) is 0 Å². The number of hydrogen-bond donors (Lipinski definition) is 2. The molecule has 2 N–H and O–H groups in total. The number of para-hydroxylation sites is 2. The molecule has 2 aromatic rings. The zero-order chi connectivity index (χ0) is 11.8. The van der Waals surface area contributed by atoms with E-state index >= 15 is 0 Å². The summed E-state index contributed by atoms with van der Waals surface area (Å²) < 4.78 is 0. The first kappa shape index (κ1) is 10.6. The standard InChI is InChI=1S/C13H9ClN2S/c14-8-5-6-9-12(7-8)15-10-3-1-2-4-11(10)16-13(9)17/h1-7,15H,(H,16,17). The predicted octanol–water partition coefficient (Wildman–Crippen LogP) is 4.18. The van der Waals surface area contributed by atoms with Crippen molar-refractivity contribution in [3.8, 4) is 0 Å². The van der Waals surface area contributed by atoms with Gasteiger partial charge in [-0.2, -0.15) is 0 Å². The normalized spacial score (nSPS) is 12.9. The van der Waals surface area contributed by atoms with Crippen LogP contribution in [0.2, 0.25) is 5.02 Å². The van der Waals surface area contributed by atoms with Crippen molar-refractivity contribution in [2.45, 2.75) is 0 Å². The molecule has 0 aromatic heterocycles. The lowest BCUT2D eigenvalue weighted by atomic mass is 10.2. The fourth-order valence-electron chi connectivity index (χ4n) is 1.85. The number of rotatable bonds is 0. The van der Waals surface area contributed by atoms with Gasteiger partial charge in [0.05, 0.1) is 17.1 Å². The molecule has 1 heterocycles. The summed E-state index contributed by atoms with van der Waals surface area (Å²) in [6, 6.07) is 13.6. The summed E-state index contributed by atoms with van der Waals surface area (Å²) in [5, 5.41) is 7.26. The van der Waals surface area contributed by atoms with Crippen molar-refractivity contribution in [3.05, 3.63) is 53.1 Å². The smallest absolute Gasteiger partial charge is 0.113 e. The first-order valence-electron chi connectivity index (χ1n) is 5.21. The minimum absolute atomic E-state index is 0.693. The number of nitrogens with one attached hydrogen (secondary N) is 2. The first-order valence-corrected chi connectivity index (χ1v) is 5.99. The lowest BCUT2D eigenvalue weighted by Crippen LogP contribution is -2.08. The van der Waals surface area contributed by atoms with E-state index in [9.17, 15) is 0 Å². The quantitative estimate of drug-likeness (QED) is 0.695. The molecule has 84 valence electrons. The van der Waals surface area contributed by atoms with Crippen LogP contribution in [0.25, 0.3) is 0 Å². The SMILES string of the molecule is S=C1Nc2ccccc2Nc2cc(Cl)ccc21. The molecule has 0 bridgehead atoms. The Morgan fingerprint density at radius 2 is 1.59 bits per heavy atom. The molecule has 0 atom stereocenters. The molecule has 17 heavy (non-hydrogen) atoms. The monoisotopic (exact) mass is 260 g/mol. The molecular formula is C13H9ClN2S. The number of thiocarbonyl (C=S) groups is 1. The van der Waals surface area contributed by atoms with Crippen molar-refractivity contribution in [2.24, 2.45) is 0 Å². The molecule has 3 rings (SSSR count). The van der Waals surface area contributed by atoms with Crippen LogP contribution in [0.3, 0.4) is 0 Å². The largest absolute Gasteiger partial charge is 0.353 e. The Hall–Kier alpha value is -1.58. The number of benzene rings is 2. The van der Waals surface area contributed by atoms with Crippen molar-refractivity contribution < 1.29 is 0 Å². The molecule has 0 aliphatic carbocycles. The Labute approximate surface area is 110 Å². The van der Waals surface area contributed by atoms with Gasteiger partial charge in [-0.05, 0) is 30.3 Å². The number of halogens is 1. The van der Waals surface area contributed by atoms with E-state index in [0.717, 1.165) is 22.6 Å². The molecule has 4 heteroatoms. The third kappa shape index (κ3) is 1.88. The van der Waals surface area contributed by atoms with E-state index in [1.54, 1.807) is 0 Å². The minimum Gasteiger partial charge on any atom is -0.353 e. The summed E-state index contributed by atoms with van der Waals surface area (Å²) in [5.74, 6) is 0. The summed E-state index contributed by atoms with van der Waals surface area (Å²) in [7, 11) is 0. The Balaban J connectivity index is 2.18. The molecule has 2 nitrogen and oxygen atoms in total. The van der Waals surface area contributed by atoms with Gasteiger partial charge in [-0.25, -0.2) is 0 Å². The topological polar surface area (TPSA) is 24.1 Å². The van der Waals surface area contributed by atoms with Gasteiger partial charge in [0.25, 0.3) is 0 Å². The molecule has 1 aliphatic heterocycles. The van der Waals surface area contributed by atoms with Crippen LogP contribution >= 0.6 is 23.8 Å². The van der Waals surface area contributed by atoms with E-state index in [4.69, 9.17) is 23.8 Å². The second-order valence-electron chi connectivity index (χ2n) is 3.81. The van der Waals surface area contributed by atoms with E-state index < -0.39 is 0 Å². The van der Waals surface area contributed by atoms with Crippen molar-refractivity contribution in [3.63, 3.8) is 0 Å². The van der Waals surface area contributed by atoms with Crippen LogP contribution in [0.4, 0.5) is 17.1 Å². The van der Waals surface area contributed by atoms with Crippen LogP contribution in [-0.2, 0) is 0 Å². The van der Waals surface area contributed by atoms with Gasteiger partial charge in [-0.1, -0.05) is 36.0 Å². The lowest BCUT2D eigenvalue weighted by molar-refractivity contribution is 1.56. The van der Waals surface area contributed by atoms with Crippen molar-refractivity contribution in [1.82, 2.24) is 0 Å². The lowest BCUT2D eigenvalue weighted by Gasteiger charge is -2.08. The predicted molar refractivity (Wildman–Crippen MR) is 76.5 cm³/mol. The Morgan fingerprint density at radius 1 is 0.882 bits per heavy atom. The van der Waals surface area contributed by atoms with Crippen LogP contribution in [0.5, 0.6) is 0 Å². The van der Waals surface area contributed by atoms with Crippen LogP contribution in [0, 0.1) is 0 Å². The summed E-state index contributed by atoms with van der Waals surface area (Å²) in [4.78, 5) is 0.703. The van der Waals surface area contributed by atoms with Gasteiger partial charge >= 0.3 is 0 Å². The average molecular weight is 261 g/mol. The summed E-state index contributed by atoms with van der Waals surface area (Å²) in [5.41, 5.74) is 3.86. The van der Waals surface area contributed by atoms with E-state index in [1.807, 2.05) is 42.5 Å². The molecule has 0 unspecified atom stereocenters. The van der Waals surface area contributed by atoms with Crippen molar-refractivity contribution in [2.75, 3.05) is 10.6 Å². The van der Waals surface area contributed by atoms with E-state index in [1.165, 1.54) is 0 Å². The molecule has 0 radical (unpaired) electrons. The Morgan fingerprint density at radius 3 is 2.35 bits per heavy atom. The highest BCUT2D eigenvalue weighted by Crippen LogP contribution is 2.33. The van der Waals surface area contributed by atoms with Gasteiger partial charge in [-0.15, -0.1) is 0 Å². The Bertz CT molecular complexity index is 610. The van der Waals surface area contributed by atoms with E-state index in [2.05, 4.69) is 10.6 Å². The molecule has 0 spiro atoms. The van der Waals surface area contributed by atoms with Crippen LogP contribution < -0.4 is 10.6 Å². The summed E-state index contributed by atoms with van der Waals surface area (Å²) >= 11 is 11.4. The number of fused-ring (bicyclic) bond motifs is 2. The van der Waals surface area contributed by atoms with E-state index in [-0.39, 0.29) is 0 Å². The first-order chi connectivity index (χ1) is 8.24. The van der Waals surface area contributed by atoms with Crippen molar-refractivity contribution in [1.29, 1.82) is 0 Å². The van der Waals surface area contributed by atoms with Crippen LogP contribution in [-0.4, -0.2) is 4.99 Å². The van der Waals surface area contributed by atoms with Crippen molar-refractivity contribution >= 4 is 45.9 Å². The maximum absolute atomic E-state index is 6.00. The molecule has 0 saturated heterocycles. The fraction of sp³-hybridized carbons (Fsp3) is 0. The highest BCUT2D eigenvalue weighted by Gasteiger charge is 2.15. The third-order valence-corrected chi connectivity index (χ3v) is 3.23. The zero-order valence-corrected chi connectivity index (χ0v) is 10.4. The van der Waals surface area contributed by atoms with Gasteiger partial charge in [0.15, 0.2) is 0 Å². The van der Waals surface area contributed by atoms with Gasteiger partial charge < -0.3 is 10.6 Å². The second kappa shape index (κ2) is 4.02. The second-order valence-corrected chi connectivity index (χ2v) is 4.66. The molecule has 0 amide bonds. The summed E-state index contributed by atoms with van der Waals surface area (Å²) in [6.07, 6.45) is 0. The molecule has 1 aliphatic rings. The zero-order valence-electron chi connectivity index (χ0n) is 8.83. The van der Waals surface area contributed by atoms with Gasteiger partial charge in [0.2, 0.25) is 0 Å². The maximum atomic E-state index is 6.00. The maximum Gasteiger partial charge on any atom is 0.113 e. The average Bonchev–Trinajstić information content (AvgIpc) is 2.44. The third-order valence-electron chi connectivity index (χ3n) is 2.67. The molecule has 2 aromatic carbocycles. The highest BCUT2D eigenvalue weighted by atomic mass is 35.5. The number of anilines is 3. The molecule has 0 fully saturated rings. The van der Waals surface area contributed by atoms with Gasteiger partial charge in [0, 0.05) is 10.6 Å². The van der Waals surface area contributed by atoms with E-state index in [0.29, 0.717) is 10.0 Å². The highest BCUT2D eigenvalue weighted by molar-refractivity contribution is 7.81. The Kier molecular flexibility index (Phi) is 2.50. The summed E-state index contributed by atoms with van der Waals surface area (Å²) in [6.45, 7) is 0. The molecular weight excluding hydrogens is 252 g/mol. The van der Waals surface area contributed by atoms with Crippen LogP contribution in [0.15, 0.2) is 42.5 Å².